The maximum atomic E-state index is 11.6. The summed E-state index contributed by atoms with van der Waals surface area (Å²) in [5, 5.41) is 7.69. The molecule has 0 unspecified atom stereocenters. The second-order valence-corrected chi connectivity index (χ2v) is 5.85. The molecule has 1 aromatic carbocycles. The summed E-state index contributed by atoms with van der Waals surface area (Å²) in [6.07, 6.45) is 0.257. The van der Waals surface area contributed by atoms with Gasteiger partial charge >= 0.3 is 0 Å². The van der Waals surface area contributed by atoms with Crippen LogP contribution < -0.4 is 16.2 Å². The van der Waals surface area contributed by atoms with Crippen molar-refractivity contribution in [2.75, 3.05) is 18.0 Å². The lowest BCUT2D eigenvalue weighted by molar-refractivity contribution is 0.0953. The molecule has 0 bridgehead atoms. The minimum absolute atomic E-state index is 0.171. The van der Waals surface area contributed by atoms with E-state index >= 15 is 0 Å². The van der Waals surface area contributed by atoms with Gasteiger partial charge in [-0.25, -0.2) is 13.6 Å². The molecule has 0 radical (unpaired) electrons. The number of anilines is 1. The first kappa shape index (κ1) is 14.7. The van der Waals surface area contributed by atoms with Crippen LogP contribution in [-0.2, 0) is 10.0 Å². The number of carbonyl (C=O) groups is 1. The number of nitrogens with two attached hydrogens (primary N) is 2. The van der Waals surface area contributed by atoms with E-state index in [0.717, 1.165) is 0 Å². The van der Waals surface area contributed by atoms with Crippen molar-refractivity contribution in [1.29, 1.82) is 0 Å². The molecule has 0 aliphatic heterocycles. The number of benzene rings is 1. The highest BCUT2D eigenvalue weighted by Gasteiger charge is 2.08. The fourth-order valence-corrected chi connectivity index (χ4v) is 1.97. The average Bonchev–Trinajstić information content (AvgIpc) is 2.26. The van der Waals surface area contributed by atoms with E-state index in [2.05, 4.69) is 5.32 Å². The van der Waals surface area contributed by atoms with Gasteiger partial charge in [0.15, 0.2) is 0 Å². The lowest BCUT2D eigenvalue weighted by Crippen LogP contribution is -2.27. The third kappa shape index (κ3) is 4.91. The van der Waals surface area contributed by atoms with Crippen LogP contribution in [0.25, 0.3) is 0 Å². The van der Waals surface area contributed by atoms with Gasteiger partial charge in [-0.15, -0.1) is 0 Å². The van der Waals surface area contributed by atoms with Crippen LogP contribution in [0.15, 0.2) is 18.2 Å². The summed E-state index contributed by atoms with van der Waals surface area (Å²) in [4.78, 5) is 11.6. The van der Waals surface area contributed by atoms with Crippen molar-refractivity contribution >= 4 is 33.2 Å². The van der Waals surface area contributed by atoms with Gasteiger partial charge in [0.25, 0.3) is 5.91 Å². The van der Waals surface area contributed by atoms with Crippen molar-refractivity contribution in [2.45, 2.75) is 6.42 Å². The van der Waals surface area contributed by atoms with Gasteiger partial charge in [0.05, 0.1) is 16.5 Å². The zero-order valence-corrected chi connectivity index (χ0v) is 11.1. The van der Waals surface area contributed by atoms with E-state index in [9.17, 15) is 13.2 Å². The number of sulfonamides is 1. The summed E-state index contributed by atoms with van der Waals surface area (Å²) in [6, 6.07) is 4.52. The zero-order chi connectivity index (χ0) is 13.8. The van der Waals surface area contributed by atoms with Crippen LogP contribution in [0.2, 0.25) is 5.02 Å². The Kier molecular flexibility index (Phi) is 4.94. The largest absolute Gasteiger partial charge is 0.398 e. The second-order valence-electron chi connectivity index (χ2n) is 3.71. The van der Waals surface area contributed by atoms with Crippen LogP contribution in [-0.4, -0.2) is 26.6 Å². The van der Waals surface area contributed by atoms with Gasteiger partial charge in [-0.2, -0.15) is 0 Å². The van der Waals surface area contributed by atoms with Crippen LogP contribution in [0.5, 0.6) is 0 Å². The highest BCUT2D eigenvalue weighted by Crippen LogP contribution is 2.19. The summed E-state index contributed by atoms with van der Waals surface area (Å²) in [5.41, 5.74) is 6.27. The predicted octanol–water partition coefficient (Wildman–Crippen LogP) is 0.331. The number of amides is 1. The number of hydrogen-bond donors (Lipinski definition) is 3. The fourth-order valence-electron chi connectivity index (χ4n) is 1.25. The van der Waals surface area contributed by atoms with Crippen LogP contribution in [0.4, 0.5) is 5.69 Å². The molecule has 1 aromatic rings. The quantitative estimate of drug-likeness (QED) is 0.535. The monoisotopic (exact) mass is 291 g/mol. The summed E-state index contributed by atoms with van der Waals surface area (Å²) in [6.45, 7) is 0.220. The number of nitrogen functional groups attached to an aromatic ring is 1. The van der Waals surface area contributed by atoms with Gasteiger partial charge < -0.3 is 11.1 Å². The van der Waals surface area contributed by atoms with Crippen LogP contribution >= 0.6 is 11.6 Å². The molecule has 6 nitrogen and oxygen atoms in total. The molecule has 0 saturated heterocycles. The van der Waals surface area contributed by atoms with Crippen molar-refractivity contribution in [2.24, 2.45) is 5.14 Å². The Morgan fingerprint density at radius 2 is 2.06 bits per heavy atom. The third-order valence-electron chi connectivity index (χ3n) is 2.15. The fraction of sp³-hybridized carbons (Fsp3) is 0.300. The van der Waals surface area contributed by atoms with Crippen LogP contribution in [0, 0.1) is 0 Å². The van der Waals surface area contributed by atoms with Crippen molar-refractivity contribution in [1.82, 2.24) is 5.32 Å². The Bertz CT molecular complexity index is 545. The molecule has 18 heavy (non-hydrogen) atoms. The van der Waals surface area contributed by atoms with Gasteiger partial charge in [0.2, 0.25) is 10.0 Å². The zero-order valence-electron chi connectivity index (χ0n) is 9.52. The first-order valence-electron chi connectivity index (χ1n) is 5.13. The molecular weight excluding hydrogens is 278 g/mol. The van der Waals surface area contributed by atoms with Gasteiger partial charge in [0, 0.05) is 12.1 Å². The minimum atomic E-state index is -3.49. The van der Waals surface area contributed by atoms with E-state index in [1.54, 1.807) is 0 Å². The van der Waals surface area contributed by atoms with E-state index in [1.165, 1.54) is 18.2 Å². The van der Waals surface area contributed by atoms with Gasteiger partial charge in [-0.1, -0.05) is 11.6 Å². The molecule has 1 amide bonds. The average molecular weight is 292 g/mol. The first-order valence-corrected chi connectivity index (χ1v) is 7.22. The number of primary sulfonamides is 1. The maximum absolute atomic E-state index is 11.6. The molecular formula is C10H14ClN3O3S. The van der Waals surface area contributed by atoms with E-state index in [-0.39, 0.29) is 24.6 Å². The van der Waals surface area contributed by atoms with Crippen LogP contribution in [0.1, 0.15) is 16.8 Å². The Hall–Kier alpha value is -1.31. The molecule has 0 heterocycles. The highest BCUT2D eigenvalue weighted by molar-refractivity contribution is 7.89. The molecule has 0 aliphatic rings. The Balaban J connectivity index is 2.48. The van der Waals surface area contributed by atoms with Crippen LogP contribution in [0.3, 0.4) is 0 Å². The molecule has 8 heteroatoms. The molecule has 0 aliphatic carbocycles. The van der Waals surface area contributed by atoms with Crippen molar-refractivity contribution < 1.29 is 13.2 Å². The predicted molar refractivity (Wildman–Crippen MR) is 70.8 cm³/mol. The van der Waals surface area contributed by atoms with Crippen molar-refractivity contribution in [3.8, 4) is 0 Å². The molecule has 0 saturated carbocycles. The summed E-state index contributed by atoms with van der Waals surface area (Å²) in [7, 11) is -3.49. The molecule has 0 fully saturated rings. The number of hydrogen-bond acceptors (Lipinski definition) is 4. The highest BCUT2D eigenvalue weighted by atomic mass is 35.5. The van der Waals surface area contributed by atoms with Crippen molar-refractivity contribution in [3.05, 3.63) is 28.8 Å². The van der Waals surface area contributed by atoms with E-state index in [4.69, 9.17) is 22.5 Å². The maximum Gasteiger partial charge on any atom is 0.251 e. The topological polar surface area (TPSA) is 115 Å². The van der Waals surface area contributed by atoms with Crippen molar-refractivity contribution in [3.63, 3.8) is 0 Å². The molecule has 1 rings (SSSR count). The molecule has 5 N–H and O–H groups in total. The summed E-state index contributed by atoms with van der Waals surface area (Å²) in [5.74, 6) is -0.512. The Morgan fingerprint density at radius 3 is 2.61 bits per heavy atom. The third-order valence-corrected chi connectivity index (χ3v) is 3.34. The smallest absolute Gasteiger partial charge is 0.251 e. The standard InChI is InChI=1S/C10H14ClN3O3S/c11-8-6-7(2-3-9(8)12)10(15)14-4-1-5-18(13,16)17/h2-3,6H,1,4-5,12H2,(H,14,15)(H2,13,16,17). The Labute approximate surface area is 110 Å². The van der Waals surface area contributed by atoms with E-state index < -0.39 is 10.0 Å². The van der Waals surface area contributed by atoms with E-state index in [0.29, 0.717) is 16.3 Å². The molecule has 0 aromatic heterocycles. The lowest BCUT2D eigenvalue weighted by atomic mass is 10.2. The second kappa shape index (κ2) is 6.03. The normalized spacial score (nSPS) is 11.2. The SMILES string of the molecule is Nc1ccc(C(=O)NCCCS(N)(=O)=O)cc1Cl. The minimum Gasteiger partial charge on any atom is -0.398 e. The van der Waals surface area contributed by atoms with Gasteiger partial charge in [-0.05, 0) is 24.6 Å². The first-order chi connectivity index (χ1) is 8.29. The molecule has 100 valence electrons. The summed E-state index contributed by atoms with van der Waals surface area (Å²) >= 11 is 5.78. The number of carbonyl (C=O) groups excluding carboxylic acids is 1. The molecule has 0 atom stereocenters. The Morgan fingerprint density at radius 1 is 1.39 bits per heavy atom. The summed E-state index contributed by atoms with van der Waals surface area (Å²) < 4.78 is 21.3. The lowest BCUT2D eigenvalue weighted by Gasteiger charge is -2.06. The number of halogens is 1. The number of rotatable bonds is 5. The van der Waals surface area contributed by atoms with Gasteiger partial charge in [0.1, 0.15) is 0 Å². The number of nitrogens with one attached hydrogen (secondary N) is 1. The van der Waals surface area contributed by atoms with Gasteiger partial charge in [-0.3, -0.25) is 4.79 Å². The van der Waals surface area contributed by atoms with E-state index in [1.807, 2.05) is 0 Å². The molecule has 0 spiro atoms.